The van der Waals surface area contributed by atoms with Gasteiger partial charge in [0.05, 0.1) is 12.2 Å². The van der Waals surface area contributed by atoms with Crippen LogP contribution < -0.4 is 21.3 Å². The maximum absolute atomic E-state index is 13.0. The van der Waals surface area contributed by atoms with E-state index in [1.165, 1.54) is 6.33 Å². The van der Waals surface area contributed by atoms with Crippen molar-refractivity contribution in [3.8, 4) is 0 Å². The summed E-state index contributed by atoms with van der Waals surface area (Å²) in [6.07, 6.45) is 3.10. The Labute approximate surface area is 208 Å². The van der Waals surface area contributed by atoms with Crippen molar-refractivity contribution in [3.63, 3.8) is 0 Å². The third kappa shape index (κ3) is 5.28. The molecule has 0 bridgehead atoms. The molecule has 0 saturated heterocycles. The van der Waals surface area contributed by atoms with Crippen LogP contribution in [0.2, 0.25) is 0 Å². The summed E-state index contributed by atoms with van der Waals surface area (Å²) in [5.41, 5.74) is 5.50. The molecule has 0 unspecified atom stereocenters. The molecule has 2 aromatic heterocycles. The molecular formula is C26H29N7O3. The van der Waals surface area contributed by atoms with E-state index in [-0.39, 0.29) is 18.4 Å². The molecule has 0 radical (unpaired) electrons. The maximum atomic E-state index is 13.0. The average Bonchev–Trinajstić information content (AvgIpc) is 3.22. The van der Waals surface area contributed by atoms with Crippen LogP contribution in [0.25, 0.3) is 5.52 Å². The molecule has 5 N–H and O–H groups in total. The van der Waals surface area contributed by atoms with Gasteiger partial charge in [-0.3, -0.25) is 9.59 Å². The molecule has 4 aromatic rings. The monoisotopic (exact) mass is 487 g/mol. The van der Waals surface area contributed by atoms with E-state index in [2.05, 4.69) is 31.3 Å². The van der Waals surface area contributed by atoms with Crippen LogP contribution in [0.3, 0.4) is 0 Å². The van der Waals surface area contributed by atoms with Gasteiger partial charge in [0.2, 0.25) is 0 Å². The molecule has 2 amide bonds. The van der Waals surface area contributed by atoms with Crippen LogP contribution in [0.4, 0.5) is 22.9 Å². The van der Waals surface area contributed by atoms with Gasteiger partial charge in [-0.25, -0.2) is 9.50 Å². The lowest BCUT2D eigenvalue weighted by molar-refractivity contribution is 0.0954. The van der Waals surface area contributed by atoms with Gasteiger partial charge < -0.3 is 26.4 Å². The van der Waals surface area contributed by atoms with Crippen molar-refractivity contribution in [1.29, 1.82) is 0 Å². The first kappa shape index (κ1) is 24.7. The van der Waals surface area contributed by atoms with E-state index in [1.54, 1.807) is 35.0 Å². The molecule has 186 valence electrons. The molecule has 10 nitrogen and oxygen atoms in total. The van der Waals surface area contributed by atoms with Crippen molar-refractivity contribution in [2.24, 2.45) is 0 Å². The van der Waals surface area contributed by atoms with Crippen molar-refractivity contribution < 1.29 is 14.7 Å². The van der Waals surface area contributed by atoms with Gasteiger partial charge in [-0.05, 0) is 62.2 Å². The molecule has 2 aromatic carbocycles. The zero-order valence-corrected chi connectivity index (χ0v) is 20.4. The lowest BCUT2D eigenvalue weighted by Gasteiger charge is -2.13. The molecule has 2 heterocycles. The highest BCUT2D eigenvalue weighted by Crippen LogP contribution is 2.28. The highest BCUT2D eigenvalue weighted by molar-refractivity contribution is 6.05. The van der Waals surface area contributed by atoms with Crippen LogP contribution in [0.15, 0.2) is 55.0 Å². The fourth-order valence-corrected chi connectivity index (χ4v) is 3.87. The first-order chi connectivity index (χ1) is 17.4. The Morgan fingerprint density at radius 1 is 1.06 bits per heavy atom. The number of aliphatic hydroxyl groups excluding tert-OH is 1. The lowest BCUT2D eigenvalue weighted by Crippen LogP contribution is -2.22. The van der Waals surface area contributed by atoms with Gasteiger partial charge in [-0.15, -0.1) is 0 Å². The Balaban J connectivity index is 1.59. The van der Waals surface area contributed by atoms with Crippen molar-refractivity contribution >= 4 is 40.2 Å². The van der Waals surface area contributed by atoms with E-state index in [0.29, 0.717) is 46.9 Å². The summed E-state index contributed by atoms with van der Waals surface area (Å²) in [6, 6.07) is 12.7. The standard InChI is InChI=1S/C26H29N7O3/c1-4-27-26(36)21-14-33-23(17(21)3)24(29-15-30-33)32-22-12-18(9-8-16(22)2)25(35)31-20-7-5-6-19(13-20)28-10-11-34/h5-9,12-15,28,34H,4,10-11H2,1-3H3,(H,27,36)(H,31,35)(H,29,30,32). The van der Waals surface area contributed by atoms with Gasteiger partial charge in [0, 0.05) is 41.9 Å². The van der Waals surface area contributed by atoms with Gasteiger partial charge in [0.15, 0.2) is 5.82 Å². The number of anilines is 4. The summed E-state index contributed by atoms with van der Waals surface area (Å²) < 4.78 is 1.62. The molecule has 0 spiro atoms. The smallest absolute Gasteiger partial charge is 0.255 e. The van der Waals surface area contributed by atoms with Crippen molar-refractivity contribution in [1.82, 2.24) is 19.9 Å². The lowest BCUT2D eigenvalue weighted by atomic mass is 10.1. The summed E-state index contributed by atoms with van der Waals surface area (Å²) >= 11 is 0. The maximum Gasteiger partial charge on any atom is 0.255 e. The topological polar surface area (TPSA) is 133 Å². The highest BCUT2D eigenvalue weighted by Gasteiger charge is 2.18. The van der Waals surface area contributed by atoms with Crippen LogP contribution in [0, 0.1) is 13.8 Å². The van der Waals surface area contributed by atoms with Crippen LogP contribution in [0.5, 0.6) is 0 Å². The summed E-state index contributed by atoms with van der Waals surface area (Å²) in [4.78, 5) is 29.8. The second-order valence-corrected chi connectivity index (χ2v) is 8.27. The van der Waals surface area contributed by atoms with E-state index in [1.807, 2.05) is 39.0 Å². The summed E-state index contributed by atoms with van der Waals surface area (Å²) in [7, 11) is 0. The molecule has 0 fully saturated rings. The molecule has 36 heavy (non-hydrogen) atoms. The molecule has 0 atom stereocenters. The zero-order chi connectivity index (χ0) is 25.7. The molecule has 10 heteroatoms. The number of nitrogens with zero attached hydrogens (tertiary/aromatic N) is 3. The summed E-state index contributed by atoms with van der Waals surface area (Å²) in [5, 5.41) is 25.4. The van der Waals surface area contributed by atoms with Crippen LogP contribution >= 0.6 is 0 Å². The third-order valence-electron chi connectivity index (χ3n) is 5.72. The number of hydrogen-bond acceptors (Lipinski definition) is 7. The fraction of sp³-hybridized carbons (Fsp3) is 0.231. The number of hydrogen-bond donors (Lipinski definition) is 5. The summed E-state index contributed by atoms with van der Waals surface area (Å²) in [6.45, 7) is 6.63. The largest absolute Gasteiger partial charge is 0.395 e. The van der Waals surface area contributed by atoms with Crippen molar-refractivity contribution in [3.05, 3.63) is 77.2 Å². The zero-order valence-electron chi connectivity index (χ0n) is 20.4. The first-order valence-electron chi connectivity index (χ1n) is 11.7. The number of aryl methyl sites for hydroxylation is 2. The number of rotatable bonds is 9. The van der Waals surface area contributed by atoms with Crippen LogP contribution in [0.1, 0.15) is 38.8 Å². The number of amides is 2. The number of fused-ring (bicyclic) bond motifs is 1. The SMILES string of the molecule is CCNC(=O)c1cn2ncnc(Nc3cc(C(=O)Nc4cccc(NCCO)c4)ccc3C)c2c1C. The molecule has 0 aliphatic rings. The predicted molar refractivity (Wildman–Crippen MR) is 140 cm³/mol. The molecule has 0 aliphatic carbocycles. The van der Waals surface area contributed by atoms with Crippen molar-refractivity contribution in [2.45, 2.75) is 20.8 Å². The minimum absolute atomic E-state index is 0.0182. The van der Waals surface area contributed by atoms with E-state index in [0.717, 1.165) is 16.8 Å². The summed E-state index contributed by atoms with van der Waals surface area (Å²) in [5.74, 6) is 0.0980. The average molecular weight is 488 g/mol. The number of carbonyl (C=O) groups is 2. The fourth-order valence-electron chi connectivity index (χ4n) is 3.87. The van der Waals surface area contributed by atoms with E-state index in [4.69, 9.17) is 5.11 Å². The Bertz CT molecular complexity index is 1410. The molecule has 4 rings (SSSR count). The van der Waals surface area contributed by atoms with Gasteiger partial charge >= 0.3 is 0 Å². The Kier molecular flexibility index (Phi) is 7.45. The Morgan fingerprint density at radius 3 is 2.64 bits per heavy atom. The number of nitrogens with one attached hydrogen (secondary N) is 4. The van der Waals surface area contributed by atoms with E-state index >= 15 is 0 Å². The molecular weight excluding hydrogens is 458 g/mol. The second kappa shape index (κ2) is 10.9. The highest BCUT2D eigenvalue weighted by atomic mass is 16.3. The van der Waals surface area contributed by atoms with Gasteiger partial charge in [-0.2, -0.15) is 5.10 Å². The number of aromatic nitrogens is 3. The van der Waals surface area contributed by atoms with Gasteiger partial charge in [-0.1, -0.05) is 12.1 Å². The van der Waals surface area contributed by atoms with Gasteiger partial charge in [0.1, 0.15) is 11.8 Å². The number of carbonyl (C=O) groups excluding carboxylic acids is 2. The van der Waals surface area contributed by atoms with Crippen LogP contribution in [-0.4, -0.2) is 51.2 Å². The molecule has 0 aliphatic heterocycles. The Morgan fingerprint density at radius 2 is 1.86 bits per heavy atom. The molecule has 0 saturated carbocycles. The van der Waals surface area contributed by atoms with E-state index in [9.17, 15) is 9.59 Å². The van der Waals surface area contributed by atoms with Crippen LogP contribution in [-0.2, 0) is 0 Å². The first-order valence-corrected chi connectivity index (χ1v) is 11.7. The Hall–Kier alpha value is -4.44. The quantitative estimate of drug-likeness (QED) is 0.244. The number of benzene rings is 2. The minimum atomic E-state index is -0.261. The second-order valence-electron chi connectivity index (χ2n) is 8.27. The third-order valence-corrected chi connectivity index (χ3v) is 5.72. The minimum Gasteiger partial charge on any atom is -0.395 e. The predicted octanol–water partition coefficient (Wildman–Crippen LogP) is 3.50. The van der Waals surface area contributed by atoms with Crippen molar-refractivity contribution in [2.75, 3.05) is 35.6 Å². The van der Waals surface area contributed by atoms with Gasteiger partial charge in [0.25, 0.3) is 11.8 Å². The van der Waals surface area contributed by atoms with E-state index < -0.39 is 0 Å². The normalized spacial score (nSPS) is 10.8. The number of aliphatic hydroxyl groups is 1.